The maximum atomic E-state index is 14.6. The van der Waals surface area contributed by atoms with Crippen LogP contribution >= 0.6 is 24.8 Å². The van der Waals surface area contributed by atoms with Crippen LogP contribution in [-0.4, -0.2) is 30.5 Å². The van der Waals surface area contributed by atoms with E-state index >= 15 is 0 Å². The summed E-state index contributed by atoms with van der Waals surface area (Å²) in [5, 5.41) is 5.89. The minimum absolute atomic E-state index is 0. The molecule has 0 bridgehead atoms. The lowest BCUT2D eigenvalue weighted by Gasteiger charge is -2.19. The molecule has 0 atom stereocenters. The van der Waals surface area contributed by atoms with Gasteiger partial charge in [-0.3, -0.25) is 4.79 Å². The Balaban J connectivity index is 0.00000131. The van der Waals surface area contributed by atoms with Gasteiger partial charge in [0.2, 0.25) is 0 Å². The van der Waals surface area contributed by atoms with Gasteiger partial charge >= 0.3 is 0 Å². The van der Waals surface area contributed by atoms with Crippen molar-refractivity contribution in [1.29, 1.82) is 0 Å². The summed E-state index contributed by atoms with van der Waals surface area (Å²) >= 11 is 0. The number of halogens is 3. The molecule has 1 aromatic heterocycles. The van der Waals surface area contributed by atoms with E-state index in [0.717, 1.165) is 31.0 Å². The molecule has 27 heavy (non-hydrogen) atoms. The average Bonchev–Trinajstić information content (AvgIpc) is 3.19. The smallest absolute Gasteiger partial charge is 0.257 e. The fourth-order valence-corrected chi connectivity index (χ4v) is 3.48. The quantitative estimate of drug-likeness (QED) is 0.808. The van der Waals surface area contributed by atoms with Gasteiger partial charge in [0.05, 0.1) is 11.3 Å². The van der Waals surface area contributed by atoms with Crippen molar-refractivity contribution < 1.29 is 9.18 Å². The molecule has 0 unspecified atom stereocenters. The van der Waals surface area contributed by atoms with E-state index < -0.39 is 0 Å². The number of hydrogen-bond acceptors (Lipinski definition) is 4. The Labute approximate surface area is 170 Å². The molecule has 146 valence electrons. The highest BCUT2D eigenvalue weighted by atomic mass is 35.5. The zero-order chi connectivity index (χ0) is 17.2. The van der Waals surface area contributed by atoms with Gasteiger partial charge in [0.15, 0.2) is 0 Å². The lowest BCUT2D eigenvalue weighted by atomic mass is 9.99. The van der Waals surface area contributed by atoms with Crippen LogP contribution in [0.2, 0.25) is 0 Å². The van der Waals surface area contributed by atoms with Crippen molar-refractivity contribution in [3.63, 3.8) is 0 Å². The molecule has 2 aliphatic rings. The second-order valence-corrected chi connectivity index (χ2v) is 6.54. The van der Waals surface area contributed by atoms with Gasteiger partial charge in [0, 0.05) is 25.8 Å². The van der Waals surface area contributed by atoms with Gasteiger partial charge in [0.1, 0.15) is 11.6 Å². The molecule has 1 aromatic carbocycles. The van der Waals surface area contributed by atoms with E-state index in [1.165, 1.54) is 12.8 Å². The van der Waals surface area contributed by atoms with Crippen LogP contribution in [-0.2, 0) is 13.0 Å². The summed E-state index contributed by atoms with van der Waals surface area (Å²) in [6.45, 7) is 3.44. The summed E-state index contributed by atoms with van der Waals surface area (Å²) in [6.07, 6.45) is 4.55. The van der Waals surface area contributed by atoms with E-state index in [2.05, 4.69) is 20.5 Å². The number of amides is 1. The number of anilines is 2. The average molecular weight is 413 g/mol. The van der Waals surface area contributed by atoms with Crippen LogP contribution in [0, 0.1) is 5.82 Å². The van der Waals surface area contributed by atoms with E-state index in [1.807, 2.05) is 12.1 Å². The van der Waals surface area contributed by atoms with E-state index in [9.17, 15) is 9.18 Å². The SMILES string of the molecule is Cl.Cl.O=C(Nc1ccc2c(c1F)CCNC2)c1ccc(N2CCCC2)nc1. The van der Waals surface area contributed by atoms with Crippen LogP contribution in [0.4, 0.5) is 15.9 Å². The third kappa shape index (κ3) is 4.51. The Morgan fingerprint density at radius 3 is 2.63 bits per heavy atom. The van der Waals surface area contributed by atoms with Gasteiger partial charge in [-0.2, -0.15) is 0 Å². The molecule has 2 aliphatic heterocycles. The van der Waals surface area contributed by atoms with Crippen molar-refractivity contribution in [2.45, 2.75) is 25.8 Å². The molecule has 1 amide bonds. The molecule has 0 aliphatic carbocycles. The Kier molecular flexibility index (Phi) is 7.41. The summed E-state index contributed by atoms with van der Waals surface area (Å²) in [6, 6.07) is 7.10. The fourth-order valence-electron chi connectivity index (χ4n) is 3.48. The number of carbonyl (C=O) groups excluding carboxylic acids is 1. The van der Waals surface area contributed by atoms with Crippen molar-refractivity contribution in [1.82, 2.24) is 10.3 Å². The molecule has 3 heterocycles. The van der Waals surface area contributed by atoms with Crippen molar-refractivity contribution in [2.75, 3.05) is 29.9 Å². The third-order valence-electron chi connectivity index (χ3n) is 4.90. The molecule has 2 N–H and O–H groups in total. The number of nitrogens with zero attached hydrogens (tertiary/aromatic N) is 2. The molecule has 1 saturated heterocycles. The highest BCUT2D eigenvalue weighted by Crippen LogP contribution is 2.25. The largest absolute Gasteiger partial charge is 0.357 e. The molecule has 8 heteroatoms. The molecule has 0 spiro atoms. The zero-order valence-electron chi connectivity index (χ0n) is 14.8. The molecule has 5 nitrogen and oxygen atoms in total. The van der Waals surface area contributed by atoms with Crippen molar-refractivity contribution in [2.24, 2.45) is 0 Å². The Bertz CT molecular complexity index is 795. The second kappa shape index (κ2) is 9.35. The number of pyridine rings is 1. The number of hydrogen-bond donors (Lipinski definition) is 2. The minimum atomic E-state index is -0.340. The molecule has 1 fully saturated rings. The second-order valence-electron chi connectivity index (χ2n) is 6.54. The Morgan fingerprint density at radius 1 is 1.15 bits per heavy atom. The van der Waals surface area contributed by atoms with Crippen molar-refractivity contribution >= 4 is 42.2 Å². The Hall–Kier alpha value is -1.89. The first-order chi connectivity index (χ1) is 12.2. The predicted octanol–water partition coefficient (Wildman–Crippen LogP) is 3.56. The molecule has 0 radical (unpaired) electrons. The van der Waals surface area contributed by atoms with Crippen LogP contribution in [0.25, 0.3) is 0 Å². The topological polar surface area (TPSA) is 57.3 Å². The van der Waals surface area contributed by atoms with E-state index in [1.54, 1.807) is 18.3 Å². The van der Waals surface area contributed by atoms with Gasteiger partial charge in [-0.15, -0.1) is 24.8 Å². The maximum absolute atomic E-state index is 14.6. The van der Waals surface area contributed by atoms with Crippen molar-refractivity contribution in [3.05, 3.63) is 53.0 Å². The zero-order valence-corrected chi connectivity index (χ0v) is 16.5. The van der Waals surface area contributed by atoms with Gasteiger partial charge in [-0.05, 0) is 55.1 Å². The standard InChI is InChI=1S/C19H21FN4O.2ClH/c20-18-15-7-8-21-11-13(15)3-5-16(18)23-19(25)14-4-6-17(22-12-14)24-9-1-2-10-24;;/h3-6,12,21H,1-2,7-11H2,(H,23,25);2*1H. The number of benzene rings is 1. The lowest BCUT2D eigenvalue weighted by Crippen LogP contribution is -2.25. The molecular weight excluding hydrogens is 390 g/mol. The normalized spacial score (nSPS) is 15.4. The molecule has 2 aromatic rings. The number of aromatic nitrogens is 1. The summed E-state index contributed by atoms with van der Waals surface area (Å²) in [5.74, 6) is 0.226. The predicted molar refractivity (Wildman–Crippen MR) is 110 cm³/mol. The van der Waals surface area contributed by atoms with E-state index in [0.29, 0.717) is 24.1 Å². The van der Waals surface area contributed by atoms with Gasteiger partial charge in [-0.25, -0.2) is 9.37 Å². The summed E-state index contributed by atoms with van der Waals surface area (Å²) in [4.78, 5) is 19.0. The van der Waals surface area contributed by atoms with E-state index in [-0.39, 0.29) is 42.2 Å². The maximum Gasteiger partial charge on any atom is 0.257 e. The van der Waals surface area contributed by atoms with Crippen LogP contribution in [0.15, 0.2) is 30.5 Å². The van der Waals surface area contributed by atoms with Crippen LogP contribution in [0.1, 0.15) is 34.3 Å². The van der Waals surface area contributed by atoms with Crippen LogP contribution in [0.5, 0.6) is 0 Å². The molecule has 4 rings (SSSR count). The number of fused-ring (bicyclic) bond motifs is 1. The van der Waals surface area contributed by atoms with Gasteiger partial charge < -0.3 is 15.5 Å². The van der Waals surface area contributed by atoms with Crippen LogP contribution < -0.4 is 15.5 Å². The highest BCUT2D eigenvalue weighted by molar-refractivity contribution is 6.04. The lowest BCUT2D eigenvalue weighted by molar-refractivity contribution is 0.102. The van der Waals surface area contributed by atoms with Crippen LogP contribution in [0.3, 0.4) is 0 Å². The third-order valence-corrected chi connectivity index (χ3v) is 4.90. The van der Waals surface area contributed by atoms with Gasteiger partial charge in [0.25, 0.3) is 5.91 Å². The number of nitrogens with one attached hydrogen (secondary N) is 2. The summed E-state index contributed by atoms with van der Waals surface area (Å²) in [7, 11) is 0. The highest BCUT2D eigenvalue weighted by Gasteiger charge is 2.19. The van der Waals surface area contributed by atoms with E-state index in [4.69, 9.17) is 0 Å². The first-order valence-corrected chi connectivity index (χ1v) is 8.76. The van der Waals surface area contributed by atoms with Gasteiger partial charge in [-0.1, -0.05) is 6.07 Å². The number of rotatable bonds is 3. The summed E-state index contributed by atoms with van der Waals surface area (Å²) < 4.78 is 14.6. The Morgan fingerprint density at radius 2 is 1.93 bits per heavy atom. The monoisotopic (exact) mass is 412 g/mol. The minimum Gasteiger partial charge on any atom is -0.357 e. The van der Waals surface area contributed by atoms with Crippen molar-refractivity contribution in [3.8, 4) is 0 Å². The fraction of sp³-hybridized carbons (Fsp3) is 0.368. The first-order valence-electron chi connectivity index (χ1n) is 8.76. The molecule has 0 saturated carbocycles. The summed E-state index contributed by atoms with van der Waals surface area (Å²) in [5.41, 5.74) is 2.31. The number of carbonyl (C=O) groups is 1. The molecular formula is C19H23Cl2FN4O. The first kappa shape index (κ1) is 21.4.